The van der Waals surface area contributed by atoms with Crippen molar-refractivity contribution in [3.8, 4) is 11.3 Å². The molecule has 0 atom stereocenters. The summed E-state index contributed by atoms with van der Waals surface area (Å²) < 4.78 is 36.0. The highest BCUT2D eigenvalue weighted by atomic mass is 35.5. The molecule has 2 aromatic rings. The van der Waals surface area contributed by atoms with E-state index >= 15 is 0 Å². The Balaban J connectivity index is 2.71. The first-order chi connectivity index (χ1) is 8.30. The number of hydrogen-bond donors (Lipinski definition) is 2. The van der Waals surface area contributed by atoms with Gasteiger partial charge in [-0.1, -0.05) is 23.2 Å². The Morgan fingerprint density at radius 1 is 1.28 bits per heavy atom. The average Bonchev–Trinajstić information content (AvgIpc) is 2.71. The van der Waals surface area contributed by atoms with Crippen LogP contribution in [-0.4, -0.2) is 18.6 Å². The van der Waals surface area contributed by atoms with Crippen molar-refractivity contribution < 1.29 is 12.8 Å². The molecule has 0 spiro atoms. The number of nitrogens with one attached hydrogen (secondary N) is 1. The van der Waals surface area contributed by atoms with Gasteiger partial charge in [0.15, 0.2) is 0 Å². The second-order valence-electron chi connectivity index (χ2n) is 3.40. The molecule has 9 heteroatoms. The molecule has 0 saturated carbocycles. The number of rotatable bonds is 2. The fourth-order valence-corrected chi connectivity index (χ4v) is 2.52. The molecule has 0 aliphatic rings. The maximum Gasteiger partial charge on any atom is 0.241 e. The predicted molar refractivity (Wildman–Crippen MR) is 65.4 cm³/mol. The van der Waals surface area contributed by atoms with Crippen LogP contribution in [0.4, 0.5) is 4.39 Å². The molecule has 2 rings (SSSR count). The Morgan fingerprint density at radius 3 is 2.56 bits per heavy atom. The van der Waals surface area contributed by atoms with Gasteiger partial charge in [0.25, 0.3) is 0 Å². The zero-order valence-electron chi connectivity index (χ0n) is 8.62. The number of hydrogen-bond acceptors (Lipinski definition) is 3. The van der Waals surface area contributed by atoms with E-state index in [1.165, 1.54) is 6.07 Å². The molecule has 1 aromatic carbocycles. The van der Waals surface area contributed by atoms with E-state index in [4.69, 9.17) is 28.3 Å². The van der Waals surface area contributed by atoms with E-state index in [9.17, 15) is 12.8 Å². The van der Waals surface area contributed by atoms with E-state index in [0.717, 1.165) is 12.3 Å². The van der Waals surface area contributed by atoms with E-state index in [1.54, 1.807) is 0 Å². The Morgan fingerprint density at radius 2 is 1.94 bits per heavy atom. The third kappa shape index (κ3) is 2.35. The second-order valence-corrected chi connectivity index (χ2v) is 5.74. The number of primary sulfonamides is 1. The number of aromatic nitrogens is 2. The van der Waals surface area contributed by atoms with E-state index in [1.807, 2.05) is 0 Å². The number of H-pyrrole nitrogens is 1. The third-order valence-corrected chi connectivity index (χ3v) is 3.72. The number of aromatic amines is 1. The van der Waals surface area contributed by atoms with Crippen LogP contribution in [-0.2, 0) is 10.0 Å². The van der Waals surface area contributed by atoms with Gasteiger partial charge in [-0.25, -0.2) is 17.9 Å². The van der Waals surface area contributed by atoms with Crippen LogP contribution in [0.15, 0.2) is 23.2 Å². The fourth-order valence-electron chi connectivity index (χ4n) is 1.40. The minimum absolute atomic E-state index is 0.0121. The largest absolute Gasteiger partial charge is 0.276 e. The van der Waals surface area contributed by atoms with Crippen molar-refractivity contribution in [2.75, 3.05) is 0 Å². The van der Waals surface area contributed by atoms with Crippen LogP contribution in [0.1, 0.15) is 0 Å². The summed E-state index contributed by atoms with van der Waals surface area (Å²) in [5.74, 6) is -0.731. The number of benzene rings is 1. The quantitative estimate of drug-likeness (QED) is 0.833. The van der Waals surface area contributed by atoms with Crippen molar-refractivity contribution in [2.24, 2.45) is 5.14 Å². The lowest BCUT2D eigenvalue weighted by Gasteiger charge is -2.05. The number of sulfonamides is 1. The van der Waals surface area contributed by atoms with E-state index < -0.39 is 15.8 Å². The van der Waals surface area contributed by atoms with Gasteiger partial charge < -0.3 is 0 Å². The molecule has 0 bridgehead atoms. The average molecular weight is 310 g/mol. The van der Waals surface area contributed by atoms with Gasteiger partial charge in [-0.2, -0.15) is 5.10 Å². The highest BCUT2D eigenvalue weighted by molar-refractivity contribution is 7.89. The first kappa shape index (κ1) is 13.3. The summed E-state index contributed by atoms with van der Waals surface area (Å²) in [7, 11) is -3.99. The summed E-state index contributed by atoms with van der Waals surface area (Å²) in [6, 6.07) is 2.17. The molecule has 1 heterocycles. The molecule has 0 saturated heterocycles. The summed E-state index contributed by atoms with van der Waals surface area (Å²) in [5.41, 5.74) is 0.123. The minimum Gasteiger partial charge on any atom is -0.276 e. The van der Waals surface area contributed by atoms with Gasteiger partial charge in [-0.15, -0.1) is 0 Å². The minimum atomic E-state index is -3.99. The van der Waals surface area contributed by atoms with Gasteiger partial charge in [0.2, 0.25) is 10.0 Å². The molecule has 3 N–H and O–H groups in total. The predicted octanol–water partition coefficient (Wildman–Crippen LogP) is 2.17. The van der Waals surface area contributed by atoms with Crippen molar-refractivity contribution in [3.63, 3.8) is 0 Å². The zero-order chi connectivity index (χ0) is 13.5. The molecule has 0 fully saturated rings. The molecule has 0 aliphatic heterocycles. The van der Waals surface area contributed by atoms with Gasteiger partial charge in [-0.3, -0.25) is 5.10 Å². The van der Waals surface area contributed by atoms with Crippen LogP contribution in [0, 0.1) is 5.82 Å². The lowest BCUT2D eigenvalue weighted by Crippen LogP contribution is -2.12. The van der Waals surface area contributed by atoms with E-state index in [-0.39, 0.29) is 26.2 Å². The van der Waals surface area contributed by atoms with Crippen LogP contribution >= 0.6 is 23.2 Å². The molecule has 18 heavy (non-hydrogen) atoms. The Bertz CT molecular complexity index is 715. The van der Waals surface area contributed by atoms with Crippen molar-refractivity contribution in [3.05, 3.63) is 34.2 Å². The van der Waals surface area contributed by atoms with Crippen molar-refractivity contribution in [1.29, 1.82) is 0 Å². The number of nitrogens with zero attached hydrogens (tertiary/aromatic N) is 1. The van der Waals surface area contributed by atoms with Crippen molar-refractivity contribution in [2.45, 2.75) is 4.90 Å². The fraction of sp³-hybridized carbons (Fsp3) is 0. The van der Waals surface area contributed by atoms with Crippen molar-refractivity contribution in [1.82, 2.24) is 10.2 Å². The summed E-state index contributed by atoms with van der Waals surface area (Å²) in [4.78, 5) is -0.272. The van der Waals surface area contributed by atoms with Crippen molar-refractivity contribution >= 4 is 33.2 Å². The zero-order valence-corrected chi connectivity index (χ0v) is 10.9. The van der Waals surface area contributed by atoms with Gasteiger partial charge in [-0.05, 0) is 12.1 Å². The molecule has 96 valence electrons. The molecule has 0 radical (unpaired) electrons. The molecular weight excluding hydrogens is 304 g/mol. The number of nitrogens with two attached hydrogens (primary N) is 1. The highest BCUT2D eigenvalue weighted by Crippen LogP contribution is 2.33. The molecule has 1 aromatic heterocycles. The van der Waals surface area contributed by atoms with Gasteiger partial charge >= 0.3 is 0 Å². The summed E-state index contributed by atoms with van der Waals surface area (Å²) in [5, 5.41) is 10.9. The highest BCUT2D eigenvalue weighted by Gasteiger charge is 2.20. The summed E-state index contributed by atoms with van der Waals surface area (Å²) >= 11 is 11.4. The molecule has 5 nitrogen and oxygen atoms in total. The lowest BCUT2D eigenvalue weighted by atomic mass is 10.1. The SMILES string of the molecule is NS(=O)(=O)c1cn[nH]c1-c1cc(F)c(Cl)cc1Cl. The number of halogens is 3. The molecular formula is C9H6Cl2FN3O2S. The lowest BCUT2D eigenvalue weighted by molar-refractivity contribution is 0.598. The first-order valence-electron chi connectivity index (χ1n) is 4.52. The molecule has 0 aliphatic carbocycles. The van der Waals surface area contributed by atoms with E-state index in [0.29, 0.717) is 0 Å². The van der Waals surface area contributed by atoms with Gasteiger partial charge in [0.1, 0.15) is 10.7 Å². The smallest absolute Gasteiger partial charge is 0.241 e. The third-order valence-electron chi connectivity index (χ3n) is 2.19. The monoisotopic (exact) mass is 309 g/mol. The topological polar surface area (TPSA) is 88.8 Å². The maximum absolute atomic E-state index is 13.4. The Labute approximate surface area is 112 Å². The first-order valence-corrected chi connectivity index (χ1v) is 6.82. The van der Waals surface area contributed by atoms with Crippen LogP contribution < -0.4 is 5.14 Å². The van der Waals surface area contributed by atoms with Crippen LogP contribution in [0.2, 0.25) is 10.0 Å². The second kappa shape index (κ2) is 4.51. The maximum atomic E-state index is 13.4. The summed E-state index contributed by atoms with van der Waals surface area (Å²) in [6.45, 7) is 0. The molecule has 0 unspecified atom stereocenters. The standard InChI is InChI=1S/C9H6Cl2FN3O2S/c10-5-2-6(11)7(12)1-4(5)9-8(3-14-15-9)18(13,16)17/h1-3H,(H,14,15)(H2,13,16,17). The normalized spacial score (nSPS) is 11.8. The Hall–Kier alpha value is -1.15. The van der Waals surface area contributed by atoms with E-state index in [2.05, 4.69) is 10.2 Å². The van der Waals surface area contributed by atoms with Gasteiger partial charge in [0.05, 0.1) is 21.9 Å². The Kier molecular flexibility index (Phi) is 3.33. The van der Waals surface area contributed by atoms with Crippen LogP contribution in [0.25, 0.3) is 11.3 Å². The van der Waals surface area contributed by atoms with Crippen LogP contribution in [0.5, 0.6) is 0 Å². The van der Waals surface area contributed by atoms with Crippen LogP contribution in [0.3, 0.4) is 0 Å². The van der Waals surface area contributed by atoms with Gasteiger partial charge in [0, 0.05) is 5.56 Å². The molecule has 0 amide bonds. The summed E-state index contributed by atoms with van der Waals surface area (Å²) in [6.07, 6.45) is 1.02.